The third kappa shape index (κ3) is 15.6. The second-order valence-corrected chi connectivity index (χ2v) is 2.54. The van der Waals surface area contributed by atoms with Crippen molar-refractivity contribution in [3.63, 3.8) is 0 Å². The Labute approximate surface area is 116 Å². The van der Waals surface area contributed by atoms with Crippen LogP contribution in [-0.4, -0.2) is 47.6 Å². The maximum atomic E-state index is 10.2. The molecule has 0 aromatic carbocycles. The standard InChI is InChI=1S/2C5H9O3.Ti/c2*1-3-8-5(7)4(2)6;/h2*4,6H,2-3H2,1H3;/q2*-1;+2. The zero-order valence-electron chi connectivity index (χ0n) is 10.0. The molecule has 0 radical (unpaired) electrons. The molecule has 0 aromatic heterocycles. The van der Waals surface area contributed by atoms with Crippen molar-refractivity contribution in [2.24, 2.45) is 0 Å². The fourth-order valence-corrected chi connectivity index (χ4v) is 0.477. The van der Waals surface area contributed by atoms with Gasteiger partial charge in [0.05, 0.1) is 13.2 Å². The molecule has 0 aliphatic rings. The monoisotopic (exact) mass is 282 g/mol. The second-order valence-electron chi connectivity index (χ2n) is 2.54. The summed E-state index contributed by atoms with van der Waals surface area (Å²) >= 11 is 0. The average molecular weight is 282 g/mol. The maximum absolute atomic E-state index is 10.2. The van der Waals surface area contributed by atoms with E-state index in [1.165, 1.54) is 0 Å². The third-order valence-electron chi connectivity index (χ3n) is 1.12. The first-order chi connectivity index (χ1) is 7.36. The fraction of sp³-hybridized carbons (Fsp3) is 0.600. The smallest absolute Gasteiger partial charge is 0.466 e. The number of carbonyl (C=O) groups is 2. The van der Waals surface area contributed by atoms with Crippen LogP contribution in [0.1, 0.15) is 13.8 Å². The average Bonchev–Trinajstić information content (AvgIpc) is 2.19. The molecule has 0 amide bonds. The Kier molecular flexibility index (Phi) is 17.5. The summed E-state index contributed by atoms with van der Waals surface area (Å²) in [6, 6.07) is 0. The van der Waals surface area contributed by atoms with Crippen LogP contribution in [0.5, 0.6) is 0 Å². The molecule has 0 saturated carbocycles. The molecule has 0 saturated heterocycles. The van der Waals surface area contributed by atoms with Crippen LogP contribution in [0.3, 0.4) is 0 Å². The predicted octanol–water partition coefficient (Wildman–Crippen LogP) is -0.514. The molecule has 0 heterocycles. The minimum atomic E-state index is -1.24. The molecule has 98 valence electrons. The topological polar surface area (TPSA) is 93.1 Å². The first kappa shape index (κ1) is 21.8. The molecule has 6 nitrogen and oxygen atoms in total. The van der Waals surface area contributed by atoms with Gasteiger partial charge in [-0.25, -0.2) is 0 Å². The van der Waals surface area contributed by atoms with E-state index in [1.807, 2.05) is 0 Å². The molecule has 2 unspecified atom stereocenters. The Hall–Kier alpha value is -0.426. The van der Waals surface area contributed by atoms with Gasteiger partial charge in [0.15, 0.2) is 0 Å². The number of hydrogen-bond acceptors (Lipinski definition) is 6. The number of hydrogen-bond donors (Lipinski definition) is 2. The van der Waals surface area contributed by atoms with E-state index in [2.05, 4.69) is 23.3 Å². The SMILES string of the molecule is [CH2-]C(O)C(=O)OCC.[CH2-]C(O)C(=O)OCC.[Ti+2]. The predicted molar refractivity (Wildman–Crippen MR) is 56.0 cm³/mol. The third-order valence-corrected chi connectivity index (χ3v) is 1.12. The van der Waals surface area contributed by atoms with E-state index in [9.17, 15) is 9.59 Å². The molecule has 0 aromatic rings. The molecule has 2 atom stereocenters. The van der Waals surface area contributed by atoms with Crippen LogP contribution in [0.4, 0.5) is 0 Å². The van der Waals surface area contributed by atoms with E-state index >= 15 is 0 Å². The molecule has 0 spiro atoms. The molecule has 17 heavy (non-hydrogen) atoms. The van der Waals surface area contributed by atoms with Crippen LogP contribution in [0.25, 0.3) is 0 Å². The number of ether oxygens (including phenoxy) is 2. The van der Waals surface area contributed by atoms with Gasteiger partial charge in [-0.15, -0.1) is 0 Å². The molecule has 0 rings (SSSR count). The molecule has 2 N–H and O–H groups in total. The van der Waals surface area contributed by atoms with Crippen LogP contribution in [0, 0.1) is 13.8 Å². The van der Waals surface area contributed by atoms with Crippen molar-refractivity contribution in [3.8, 4) is 0 Å². The zero-order valence-corrected chi connectivity index (χ0v) is 11.6. The summed E-state index contributed by atoms with van der Waals surface area (Å²) in [5.41, 5.74) is 0. The Morgan fingerprint density at radius 3 is 1.29 bits per heavy atom. The maximum Gasteiger partial charge on any atom is 2.00 e. The van der Waals surface area contributed by atoms with E-state index in [0.717, 1.165) is 0 Å². The van der Waals surface area contributed by atoms with Gasteiger partial charge in [0.1, 0.15) is 0 Å². The number of aliphatic hydroxyl groups excluding tert-OH is 2. The van der Waals surface area contributed by atoms with E-state index in [1.54, 1.807) is 13.8 Å². The summed E-state index contributed by atoms with van der Waals surface area (Å²) in [5, 5.41) is 16.7. The summed E-state index contributed by atoms with van der Waals surface area (Å²) in [6.07, 6.45) is -2.48. The molecular weight excluding hydrogens is 264 g/mol. The quantitative estimate of drug-likeness (QED) is 0.410. The molecule has 0 fully saturated rings. The van der Waals surface area contributed by atoms with Gasteiger partial charge in [0, 0.05) is 12.2 Å². The van der Waals surface area contributed by atoms with E-state index < -0.39 is 24.1 Å². The van der Waals surface area contributed by atoms with Gasteiger partial charge >= 0.3 is 33.7 Å². The molecule has 0 bridgehead atoms. The van der Waals surface area contributed by atoms with Crippen molar-refractivity contribution in [1.29, 1.82) is 0 Å². The first-order valence-electron chi connectivity index (χ1n) is 4.72. The van der Waals surface area contributed by atoms with Gasteiger partial charge in [-0.05, 0) is 13.8 Å². The molecule has 7 heteroatoms. The van der Waals surface area contributed by atoms with Crippen LogP contribution in [0.2, 0.25) is 0 Å². The van der Waals surface area contributed by atoms with Crippen molar-refractivity contribution in [2.75, 3.05) is 13.2 Å². The molecule has 0 aliphatic heterocycles. The van der Waals surface area contributed by atoms with Gasteiger partial charge in [0.25, 0.3) is 0 Å². The van der Waals surface area contributed by atoms with Crippen molar-refractivity contribution in [3.05, 3.63) is 13.8 Å². The summed E-state index contributed by atoms with van der Waals surface area (Å²) in [7, 11) is 0. The van der Waals surface area contributed by atoms with Gasteiger partial charge < -0.3 is 33.5 Å². The molecular formula is C10H18O6Ti. The summed E-state index contributed by atoms with van der Waals surface area (Å²) in [5.74, 6) is -1.35. The van der Waals surface area contributed by atoms with Crippen molar-refractivity contribution < 1.29 is 51.0 Å². The van der Waals surface area contributed by atoms with Crippen LogP contribution < -0.4 is 0 Å². The van der Waals surface area contributed by atoms with E-state index in [-0.39, 0.29) is 34.9 Å². The summed E-state index contributed by atoms with van der Waals surface area (Å²) in [6.45, 7) is 9.98. The van der Waals surface area contributed by atoms with Crippen molar-refractivity contribution in [1.82, 2.24) is 0 Å². The Morgan fingerprint density at radius 2 is 1.24 bits per heavy atom. The number of carbonyl (C=O) groups excluding carboxylic acids is 2. The van der Waals surface area contributed by atoms with Crippen LogP contribution in [-0.2, 0) is 40.8 Å². The molecule has 0 aliphatic carbocycles. The minimum absolute atomic E-state index is 0. The first-order valence-corrected chi connectivity index (χ1v) is 4.72. The van der Waals surface area contributed by atoms with Crippen molar-refractivity contribution in [2.45, 2.75) is 26.1 Å². The largest absolute Gasteiger partial charge is 2.00 e. The second kappa shape index (κ2) is 13.6. The van der Waals surface area contributed by atoms with E-state index in [0.29, 0.717) is 0 Å². The Bertz CT molecular complexity index is 183. The number of aliphatic hydroxyl groups is 2. The zero-order chi connectivity index (χ0) is 13.1. The van der Waals surface area contributed by atoms with E-state index in [4.69, 9.17) is 10.2 Å². The number of rotatable bonds is 4. The van der Waals surface area contributed by atoms with Gasteiger partial charge in [-0.2, -0.15) is 0 Å². The normalized spacial score (nSPS) is 12.1. The van der Waals surface area contributed by atoms with Gasteiger partial charge in [-0.1, -0.05) is 0 Å². The summed E-state index contributed by atoms with van der Waals surface area (Å²) in [4.78, 5) is 20.4. The van der Waals surface area contributed by atoms with Crippen molar-refractivity contribution >= 4 is 11.9 Å². The minimum Gasteiger partial charge on any atom is -0.466 e. The Balaban J connectivity index is -0.000000218. The summed E-state index contributed by atoms with van der Waals surface area (Å²) < 4.78 is 8.70. The van der Waals surface area contributed by atoms with Gasteiger partial charge in [-0.3, -0.25) is 9.59 Å². The number of esters is 2. The van der Waals surface area contributed by atoms with Crippen LogP contribution in [0.15, 0.2) is 0 Å². The Morgan fingerprint density at radius 1 is 1.00 bits per heavy atom. The fourth-order valence-electron chi connectivity index (χ4n) is 0.477. The van der Waals surface area contributed by atoms with Crippen LogP contribution >= 0.6 is 0 Å². The van der Waals surface area contributed by atoms with Gasteiger partial charge in [0.2, 0.25) is 0 Å².